The quantitative estimate of drug-likeness (QED) is 0.132. The minimum Gasteiger partial charge on any atom is -0.436 e. The molecule has 0 atom stereocenters. The van der Waals surface area contributed by atoms with Crippen LogP contribution in [0.15, 0.2) is 200 Å². The Morgan fingerprint density at radius 1 is 0.343 bits per heavy atom. The van der Waals surface area contributed by atoms with Crippen LogP contribution in [0.4, 0.5) is 0 Å². The van der Waals surface area contributed by atoms with Gasteiger partial charge in [-0.3, -0.25) is 0 Å². The fraction of sp³-hybridized carbons (Fsp3) is 0.0508. The lowest BCUT2D eigenvalue weighted by Gasteiger charge is -1.99. The molecule has 8 heteroatoms. The number of hydrogen-bond acceptors (Lipinski definition) is 8. The van der Waals surface area contributed by atoms with Crippen molar-refractivity contribution in [1.29, 1.82) is 0 Å². The van der Waals surface area contributed by atoms with Gasteiger partial charge in [0.2, 0.25) is 23.6 Å². The molecule has 12 rings (SSSR count). The van der Waals surface area contributed by atoms with E-state index in [2.05, 4.69) is 112 Å². The van der Waals surface area contributed by atoms with Gasteiger partial charge in [0.1, 0.15) is 22.1 Å². The summed E-state index contributed by atoms with van der Waals surface area (Å²) in [6, 6.07) is 60.7. The van der Waals surface area contributed by atoms with Crippen molar-refractivity contribution in [2.75, 3.05) is 0 Å². The van der Waals surface area contributed by atoms with Crippen LogP contribution in [-0.2, 0) is 6.42 Å². The Kier molecular flexibility index (Phi) is 10.9. The highest BCUT2D eigenvalue weighted by Gasteiger charge is 2.12. The topological polar surface area (TPSA) is 104 Å². The van der Waals surface area contributed by atoms with Crippen molar-refractivity contribution in [2.24, 2.45) is 0 Å². The van der Waals surface area contributed by atoms with Crippen LogP contribution in [0, 0.1) is 6.92 Å². The van der Waals surface area contributed by atoms with Crippen molar-refractivity contribution < 1.29 is 17.7 Å². The van der Waals surface area contributed by atoms with Gasteiger partial charge >= 0.3 is 0 Å². The van der Waals surface area contributed by atoms with Crippen LogP contribution in [0.5, 0.6) is 0 Å². The predicted molar refractivity (Wildman–Crippen MR) is 270 cm³/mol. The summed E-state index contributed by atoms with van der Waals surface area (Å²) in [5.74, 6) is 2.56. The van der Waals surface area contributed by atoms with E-state index < -0.39 is 0 Å². The van der Waals surface area contributed by atoms with E-state index in [0.29, 0.717) is 23.6 Å². The van der Waals surface area contributed by atoms with Crippen molar-refractivity contribution in [3.63, 3.8) is 0 Å². The molecule has 0 N–H and O–H groups in total. The summed E-state index contributed by atoms with van der Waals surface area (Å²) in [6.45, 7) is 4.18. The second-order valence-electron chi connectivity index (χ2n) is 16.3. The average Bonchev–Trinajstić information content (AvgIpc) is 4.20. The number of aryl methyl sites for hydroxylation is 2. The van der Waals surface area contributed by atoms with Gasteiger partial charge in [0.25, 0.3) is 0 Å². The van der Waals surface area contributed by atoms with Gasteiger partial charge in [-0.2, -0.15) is 0 Å². The first-order valence-corrected chi connectivity index (χ1v) is 22.2. The van der Waals surface area contributed by atoms with Gasteiger partial charge in [0.05, 0.1) is 0 Å². The van der Waals surface area contributed by atoms with Gasteiger partial charge in [-0.1, -0.05) is 116 Å². The normalized spacial score (nSPS) is 11.7. The molecule has 0 bridgehead atoms. The number of hydrogen-bond donors (Lipinski definition) is 0. The van der Waals surface area contributed by atoms with Crippen LogP contribution in [-0.4, -0.2) is 19.9 Å². The Hall–Kier alpha value is -8.88. The second kappa shape index (κ2) is 17.9. The van der Waals surface area contributed by atoms with Gasteiger partial charge in [-0.25, -0.2) is 19.9 Å². The van der Waals surface area contributed by atoms with Crippen molar-refractivity contribution in [1.82, 2.24) is 19.9 Å². The number of aromatic nitrogens is 4. The molecule has 0 spiro atoms. The summed E-state index contributed by atoms with van der Waals surface area (Å²) < 4.78 is 23.6. The first-order valence-electron chi connectivity index (χ1n) is 22.2. The highest BCUT2D eigenvalue weighted by Crippen LogP contribution is 2.29. The molecule has 0 fully saturated rings. The van der Waals surface area contributed by atoms with E-state index in [1.54, 1.807) is 0 Å². The number of benzene rings is 8. The zero-order valence-corrected chi connectivity index (χ0v) is 36.8. The third-order valence-corrected chi connectivity index (χ3v) is 11.6. The van der Waals surface area contributed by atoms with Gasteiger partial charge in [-0.15, -0.1) is 0 Å². The number of rotatable bonds is 9. The summed E-state index contributed by atoms with van der Waals surface area (Å²) in [4.78, 5) is 18.4. The van der Waals surface area contributed by atoms with Gasteiger partial charge < -0.3 is 17.7 Å². The summed E-state index contributed by atoms with van der Waals surface area (Å²) in [5.41, 5.74) is 17.4. The smallest absolute Gasteiger partial charge is 0.227 e. The molecule has 67 heavy (non-hydrogen) atoms. The van der Waals surface area contributed by atoms with E-state index in [-0.39, 0.29) is 0 Å². The lowest BCUT2D eigenvalue weighted by atomic mass is 10.1. The molecular formula is C59H42N4O4. The molecule has 8 nitrogen and oxygen atoms in total. The first kappa shape index (κ1) is 40.9. The van der Waals surface area contributed by atoms with Crippen LogP contribution in [0.1, 0.15) is 40.3 Å². The molecule has 0 aliphatic rings. The molecular weight excluding hydrogens is 829 g/mol. The predicted octanol–water partition coefficient (Wildman–Crippen LogP) is 15.8. The van der Waals surface area contributed by atoms with Gasteiger partial charge in [0, 0.05) is 22.3 Å². The maximum absolute atomic E-state index is 5.99. The van der Waals surface area contributed by atoms with Crippen molar-refractivity contribution in [2.45, 2.75) is 20.3 Å². The Labute approximate surface area is 386 Å². The standard InChI is InChI=1S/C30H22N2O2.C29H20N2O2/c1-2-20-13-18-26-28(19-20)34-30(32-26)24-16-11-22(12-17-24)8-7-21-9-14-23(15-10-21)29-31-25-5-3-4-6-27(25)33-29;1-19-6-17-25-27(18-19)33-29(31-25)23-15-11-21(12-16-23)8-7-20-9-13-22(14-10-20)28-30-24-4-2-3-5-26(24)32-28/h3-19H,2H2,1H3;2-18H,1H3/b2*8-7+. The van der Waals surface area contributed by atoms with E-state index in [1.807, 2.05) is 128 Å². The zero-order valence-electron chi connectivity index (χ0n) is 36.8. The monoisotopic (exact) mass is 870 g/mol. The Morgan fingerprint density at radius 2 is 0.672 bits per heavy atom. The fourth-order valence-electron chi connectivity index (χ4n) is 7.79. The van der Waals surface area contributed by atoms with Gasteiger partial charge in [-0.05, 0) is 144 Å². The minimum atomic E-state index is 0.636. The largest absolute Gasteiger partial charge is 0.436 e. The van der Waals surface area contributed by atoms with Crippen LogP contribution in [0.2, 0.25) is 0 Å². The molecule has 4 heterocycles. The Bertz CT molecular complexity index is 3650. The van der Waals surface area contributed by atoms with Crippen LogP contribution in [0.25, 0.3) is 115 Å². The number of oxazole rings is 4. The molecule has 0 aliphatic heterocycles. The van der Waals surface area contributed by atoms with Crippen molar-refractivity contribution in [3.05, 3.63) is 215 Å². The highest BCUT2D eigenvalue weighted by atomic mass is 16.4. The van der Waals surface area contributed by atoms with Gasteiger partial charge in [0.15, 0.2) is 22.3 Å². The molecule has 12 aromatic rings. The van der Waals surface area contributed by atoms with Crippen molar-refractivity contribution in [3.8, 4) is 45.8 Å². The van der Waals surface area contributed by atoms with Crippen molar-refractivity contribution >= 4 is 68.7 Å². The third-order valence-electron chi connectivity index (χ3n) is 11.6. The first-order chi connectivity index (χ1) is 33.0. The molecule has 4 aromatic heterocycles. The molecule has 0 amide bonds. The molecule has 0 saturated heterocycles. The SMILES string of the molecule is CCc1ccc2nc(-c3ccc(/C=C/c4ccc(-c5nc6ccccc6o5)cc4)cc3)oc2c1.Cc1ccc2nc(-c3ccc(/C=C/c4ccc(-c5nc6ccccc6o5)cc4)cc3)oc2c1. The maximum Gasteiger partial charge on any atom is 0.227 e. The molecule has 0 radical (unpaired) electrons. The number of nitrogens with zero attached hydrogens (tertiary/aromatic N) is 4. The molecule has 322 valence electrons. The highest BCUT2D eigenvalue weighted by molar-refractivity contribution is 5.81. The summed E-state index contributed by atoms with van der Waals surface area (Å²) in [7, 11) is 0. The fourth-order valence-corrected chi connectivity index (χ4v) is 7.79. The Morgan fingerprint density at radius 3 is 1.04 bits per heavy atom. The lowest BCUT2D eigenvalue weighted by Crippen LogP contribution is -1.79. The third kappa shape index (κ3) is 8.97. The summed E-state index contributed by atoms with van der Waals surface area (Å²) in [6.07, 6.45) is 9.35. The van der Waals surface area contributed by atoms with Crippen LogP contribution in [0.3, 0.4) is 0 Å². The summed E-state index contributed by atoms with van der Waals surface area (Å²) >= 11 is 0. The van der Waals surface area contributed by atoms with Crippen LogP contribution >= 0.6 is 0 Å². The minimum absolute atomic E-state index is 0.636. The average molecular weight is 871 g/mol. The summed E-state index contributed by atoms with van der Waals surface area (Å²) in [5, 5.41) is 0. The second-order valence-corrected chi connectivity index (χ2v) is 16.3. The molecule has 0 saturated carbocycles. The zero-order chi connectivity index (χ0) is 45.1. The molecule has 0 aliphatic carbocycles. The number of para-hydroxylation sites is 4. The molecule has 0 unspecified atom stereocenters. The molecule has 8 aromatic carbocycles. The number of fused-ring (bicyclic) bond motifs is 4. The van der Waals surface area contributed by atoms with E-state index in [0.717, 1.165) is 101 Å². The maximum atomic E-state index is 5.99. The van der Waals surface area contributed by atoms with E-state index in [1.165, 1.54) is 5.56 Å². The Balaban J connectivity index is 0.000000148. The lowest BCUT2D eigenvalue weighted by molar-refractivity contribution is 0.619. The van der Waals surface area contributed by atoms with E-state index in [4.69, 9.17) is 17.7 Å². The van der Waals surface area contributed by atoms with E-state index in [9.17, 15) is 0 Å². The van der Waals surface area contributed by atoms with Crippen LogP contribution < -0.4 is 0 Å². The van der Waals surface area contributed by atoms with E-state index >= 15 is 0 Å².